The van der Waals surface area contributed by atoms with Crippen molar-refractivity contribution in [1.29, 1.82) is 0 Å². The summed E-state index contributed by atoms with van der Waals surface area (Å²) in [6.45, 7) is 0. The molecular weight excluding hydrogens is 332 g/mol. The molecule has 0 aliphatic heterocycles. The van der Waals surface area contributed by atoms with Crippen LogP contribution in [0.5, 0.6) is 0 Å². The van der Waals surface area contributed by atoms with Crippen molar-refractivity contribution in [1.82, 2.24) is 21.0 Å². The van der Waals surface area contributed by atoms with Crippen molar-refractivity contribution >= 4 is 23.4 Å². The molecular formula is C16H11ClN4O3. The van der Waals surface area contributed by atoms with Crippen LogP contribution < -0.4 is 10.9 Å². The standard InChI is InChI=1S/C16H11ClN4O3/c17-13-4-2-1-3-12(13)15(23)20-19-14(22)10-5-7-11(8-6-10)16-21-18-9-24-16/h1-9H,(H,19,22)(H,20,23). The van der Waals surface area contributed by atoms with Crippen molar-refractivity contribution in [2.45, 2.75) is 0 Å². The Hall–Kier alpha value is -3.19. The minimum Gasteiger partial charge on any atom is -0.423 e. The highest BCUT2D eigenvalue weighted by Crippen LogP contribution is 2.17. The molecule has 120 valence electrons. The lowest BCUT2D eigenvalue weighted by atomic mass is 10.1. The molecule has 3 rings (SSSR count). The number of hydrazine groups is 1. The van der Waals surface area contributed by atoms with Crippen molar-refractivity contribution in [3.63, 3.8) is 0 Å². The molecule has 2 N–H and O–H groups in total. The minimum atomic E-state index is -0.503. The van der Waals surface area contributed by atoms with Gasteiger partial charge < -0.3 is 4.42 Å². The first kappa shape index (κ1) is 15.7. The van der Waals surface area contributed by atoms with E-state index in [0.29, 0.717) is 22.0 Å². The van der Waals surface area contributed by atoms with Gasteiger partial charge >= 0.3 is 0 Å². The summed E-state index contributed by atoms with van der Waals surface area (Å²) in [5.74, 6) is -0.613. The molecule has 0 saturated heterocycles. The number of benzene rings is 2. The molecule has 0 radical (unpaired) electrons. The normalized spacial score (nSPS) is 10.2. The van der Waals surface area contributed by atoms with Crippen LogP contribution in [0.2, 0.25) is 5.02 Å². The number of carbonyl (C=O) groups excluding carboxylic acids is 2. The van der Waals surface area contributed by atoms with E-state index < -0.39 is 11.8 Å². The van der Waals surface area contributed by atoms with Crippen LogP contribution in [-0.2, 0) is 0 Å². The van der Waals surface area contributed by atoms with Crippen LogP contribution in [0.1, 0.15) is 20.7 Å². The van der Waals surface area contributed by atoms with Gasteiger partial charge in [0, 0.05) is 11.1 Å². The number of aromatic nitrogens is 2. The SMILES string of the molecule is O=C(NNC(=O)c1ccccc1Cl)c1ccc(-c2nnco2)cc1. The molecule has 0 bridgehead atoms. The lowest BCUT2D eigenvalue weighted by Gasteiger charge is -2.08. The lowest BCUT2D eigenvalue weighted by Crippen LogP contribution is -2.41. The molecule has 0 spiro atoms. The van der Waals surface area contributed by atoms with Crippen LogP contribution >= 0.6 is 11.6 Å². The maximum Gasteiger partial charge on any atom is 0.271 e. The topological polar surface area (TPSA) is 97.1 Å². The summed E-state index contributed by atoms with van der Waals surface area (Å²) in [6, 6.07) is 13.0. The maximum atomic E-state index is 12.1. The zero-order valence-corrected chi connectivity index (χ0v) is 12.9. The highest BCUT2D eigenvalue weighted by atomic mass is 35.5. The molecule has 7 nitrogen and oxygen atoms in total. The molecule has 0 fully saturated rings. The van der Waals surface area contributed by atoms with Gasteiger partial charge in [0.25, 0.3) is 11.8 Å². The van der Waals surface area contributed by atoms with Gasteiger partial charge in [-0.05, 0) is 36.4 Å². The number of carbonyl (C=O) groups is 2. The summed E-state index contributed by atoms with van der Waals surface area (Å²) in [5.41, 5.74) is 5.96. The summed E-state index contributed by atoms with van der Waals surface area (Å²) in [4.78, 5) is 24.0. The molecule has 2 amide bonds. The predicted octanol–water partition coefficient (Wildman–Crippen LogP) is 2.46. The molecule has 3 aromatic rings. The summed E-state index contributed by atoms with van der Waals surface area (Å²) in [6.07, 6.45) is 1.22. The first-order chi connectivity index (χ1) is 11.6. The highest BCUT2D eigenvalue weighted by molar-refractivity contribution is 6.33. The van der Waals surface area contributed by atoms with E-state index in [2.05, 4.69) is 21.0 Å². The Morgan fingerprint density at radius 3 is 2.33 bits per heavy atom. The number of nitrogens with one attached hydrogen (secondary N) is 2. The minimum absolute atomic E-state index is 0.270. The van der Waals surface area contributed by atoms with Crippen LogP contribution in [0.4, 0.5) is 0 Å². The Bertz CT molecular complexity index is 863. The Morgan fingerprint density at radius 2 is 1.67 bits per heavy atom. The first-order valence-electron chi connectivity index (χ1n) is 6.87. The molecule has 0 atom stereocenters. The molecule has 2 aromatic carbocycles. The molecule has 0 unspecified atom stereocenters. The summed E-state index contributed by atoms with van der Waals surface area (Å²) >= 11 is 5.92. The largest absolute Gasteiger partial charge is 0.423 e. The zero-order chi connectivity index (χ0) is 16.9. The lowest BCUT2D eigenvalue weighted by molar-refractivity contribution is 0.0847. The number of hydrogen-bond acceptors (Lipinski definition) is 5. The van der Waals surface area contributed by atoms with Gasteiger partial charge in [-0.15, -0.1) is 10.2 Å². The average molecular weight is 343 g/mol. The number of nitrogens with zero attached hydrogens (tertiary/aromatic N) is 2. The van der Waals surface area contributed by atoms with Gasteiger partial charge in [0.2, 0.25) is 12.3 Å². The van der Waals surface area contributed by atoms with Crippen LogP contribution in [0.15, 0.2) is 59.3 Å². The molecule has 0 aliphatic carbocycles. The number of halogens is 1. The quantitative estimate of drug-likeness (QED) is 0.713. The third-order valence-corrected chi connectivity index (χ3v) is 3.49. The van der Waals surface area contributed by atoms with Gasteiger partial charge in [-0.25, -0.2) is 0 Å². The van der Waals surface area contributed by atoms with E-state index in [1.54, 1.807) is 48.5 Å². The van der Waals surface area contributed by atoms with Crippen molar-refractivity contribution < 1.29 is 14.0 Å². The smallest absolute Gasteiger partial charge is 0.271 e. The molecule has 0 saturated carbocycles. The van der Waals surface area contributed by atoms with Crippen LogP contribution in [0, 0.1) is 0 Å². The van der Waals surface area contributed by atoms with E-state index in [0.717, 1.165) is 0 Å². The third kappa shape index (κ3) is 3.41. The van der Waals surface area contributed by atoms with E-state index in [4.69, 9.17) is 16.0 Å². The Balaban J connectivity index is 1.63. The molecule has 0 aliphatic rings. The fourth-order valence-electron chi connectivity index (χ4n) is 1.96. The van der Waals surface area contributed by atoms with E-state index in [-0.39, 0.29) is 5.56 Å². The summed E-state index contributed by atoms with van der Waals surface area (Å²) in [5, 5.41) is 7.66. The van der Waals surface area contributed by atoms with Crippen molar-refractivity contribution in [3.05, 3.63) is 71.1 Å². The molecule has 1 heterocycles. The van der Waals surface area contributed by atoms with Crippen molar-refractivity contribution in [2.24, 2.45) is 0 Å². The Kier molecular flexibility index (Phi) is 4.53. The van der Waals surface area contributed by atoms with Gasteiger partial charge in [0.15, 0.2) is 0 Å². The van der Waals surface area contributed by atoms with Gasteiger partial charge in [-0.2, -0.15) is 0 Å². The monoisotopic (exact) mass is 342 g/mol. The second kappa shape index (κ2) is 6.93. The third-order valence-electron chi connectivity index (χ3n) is 3.16. The van der Waals surface area contributed by atoms with Crippen molar-refractivity contribution in [2.75, 3.05) is 0 Å². The zero-order valence-electron chi connectivity index (χ0n) is 12.2. The Labute approximate surface area is 141 Å². The average Bonchev–Trinajstić information content (AvgIpc) is 3.14. The maximum absolute atomic E-state index is 12.1. The second-order valence-electron chi connectivity index (χ2n) is 4.71. The van der Waals surface area contributed by atoms with E-state index >= 15 is 0 Å². The van der Waals surface area contributed by atoms with Crippen molar-refractivity contribution in [3.8, 4) is 11.5 Å². The molecule has 24 heavy (non-hydrogen) atoms. The summed E-state index contributed by atoms with van der Waals surface area (Å²) < 4.78 is 5.07. The number of amides is 2. The fraction of sp³-hybridized carbons (Fsp3) is 0. The van der Waals surface area contributed by atoms with Gasteiger partial charge in [-0.3, -0.25) is 20.4 Å². The number of rotatable bonds is 3. The van der Waals surface area contributed by atoms with Crippen LogP contribution in [-0.4, -0.2) is 22.0 Å². The molecule has 1 aromatic heterocycles. The first-order valence-corrected chi connectivity index (χ1v) is 7.25. The van der Waals surface area contributed by atoms with Gasteiger partial charge in [0.1, 0.15) is 0 Å². The number of hydrogen-bond donors (Lipinski definition) is 2. The van der Waals surface area contributed by atoms with Crippen LogP contribution in [0.25, 0.3) is 11.5 Å². The highest BCUT2D eigenvalue weighted by Gasteiger charge is 2.12. The molecule has 8 heteroatoms. The summed E-state index contributed by atoms with van der Waals surface area (Å²) in [7, 11) is 0. The Morgan fingerprint density at radius 1 is 0.958 bits per heavy atom. The van der Waals surface area contributed by atoms with E-state index in [1.807, 2.05) is 0 Å². The fourth-order valence-corrected chi connectivity index (χ4v) is 2.18. The predicted molar refractivity (Wildman–Crippen MR) is 86.1 cm³/mol. The van der Waals surface area contributed by atoms with Crippen LogP contribution in [0.3, 0.4) is 0 Å². The second-order valence-corrected chi connectivity index (χ2v) is 5.12. The van der Waals surface area contributed by atoms with Gasteiger partial charge in [0.05, 0.1) is 10.6 Å². The van der Waals surface area contributed by atoms with Gasteiger partial charge in [-0.1, -0.05) is 23.7 Å². The van der Waals surface area contributed by atoms with E-state index in [1.165, 1.54) is 6.39 Å². The van der Waals surface area contributed by atoms with E-state index in [9.17, 15) is 9.59 Å².